The average molecular weight is 914 g/mol. The molecule has 4 fully saturated rings. The first-order valence-electron chi connectivity index (χ1n) is 24.1. The summed E-state index contributed by atoms with van der Waals surface area (Å²) in [6.07, 6.45) is 11.4. The van der Waals surface area contributed by atoms with Crippen molar-refractivity contribution in [3.8, 4) is 0 Å². The molecule has 5 aliphatic rings. The molecular formula is C51H79NO13. The summed E-state index contributed by atoms with van der Waals surface area (Å²) >= 11 is 0. The lowest BCUT2D eigenvalue weighted by Gasteiger charge is -2.64. The molecule has 4 aliphatic heterocycles. The van der Waals surface area contributed by atoms with Crippen molar-refractivity contribution in [2.45, 2.75) is 192 Å². The Morgan fingerprint density at radius 2 is 1.51 bits per heavy atom. The van der Waals surface area contributed by atoms with Gasteiger partial charge in [-0.15, -0.1) is 0 Å². The van der Waals surface area contributed by atoms with Crippen LogP contribution in [0.25, 0.3) is 0 Å². The van der Waals surface area contributed by atoms with Gasteiger partial charge in [-0.05, 0) is 95.0 Å². The highest BCUT2D eigenvalue weighted by molar-refractivity contribution is 5.98. The van der Waals surface area contributed by atoms with E-state index in [0.29, 0.717) is 51.4 Å². The zero-order valence-corrected chi connectivity index (χ0v) is 40.5. The normalized spacial score (nSPS) is 44.1. The molecule has 14 nitrogen and oxygen atoms in total. The summed E-state index contributed by atoms with van der Waals surface area (Å²) in [5.74, 6) is -6.03. The van der Waals surface area contributed by atoms with Gasteiger partial charge in [-0.2, -0.15) is 0 Å². The van der Waals surface area contributed by atoms with Crippen LogP contribution < -0.4 is 0 Å². The fourth-order valence-corrected chi connectivity index (χ4v) is 11.2. The quantitative estimate of drug-likeness (QED) is 0.143. The van der Waals surface area contributed by atoms with Crippen molar-refractivity contribution < 1.29 is 63.3 Å². The van der Waals surface area contributed by atoms with Crippen LogP contribution in [-0.4, -0.2) is 136 Å². The first-order valence-corrected chi connectivity index (χ1v) is 24.1. The molecule has 366 valence electrons. The maximum atomic E-state index is 14.4. The number of amides is 1. The fraction of sp³-hybridized carbons (Fsp3) is 0.765. The number of methoxy groups -OCH3 is 3. The Morgan fingerprint density at radius 1 is 0.815 bits per heavy atom. The number of rotatable bonds is 6. The number of hydrogen-bond donors (Lipinski definition) is 4. The van der Waals surface area contributed by atoms with E-state index in [1.807, 2.05) is 58.1 Å². The second kappa shape index (κ2) is 22.8. The molecule has 14 heteroatoms. The Bertz CT molecular complexity index is 1790. The topological polar surface area (TPSA) is 199 Å². The fourth-order valence-electron chi connectivity index (χ4n) is 11.2. The van der Waals surface area contributed by atoms with Crippen LogP contribution in [0.15, 0.2) is 47.6 Å². The highest BCUT2D eigenvalue weighted by atomic mass is 16.7. The van der Waals surface area contributed by atoms with Crippen molar-refractivity contribution >= 4 is 23.4 Å². The molecule has 0 spiro atoms. The minimum absolute atomic E-state index is 0.0176. The Morgan fingerprint density at radius 3 is 2.18 bits per heavy atom. The van der Waals surface area contributed by atoms with Crippen molar-refractivity contribution in [2.75, 3.05) is 21.3 Å². The number of β-lactam (4-membered cyclic amide) rings is 1. The molecule has 1 saturated carbocycles. The van der Waals surface area contributed by atoms with E-state index in [9.17, 15) is 39.6 Å². The Labute approximate surface area is 386 Å². The first-order chi connectivity index (χ1) is 30.7. The van der Waals surface area contributed by atoms with E-state index in [0.717, 1.165) is 22.5 Å². The van der Waals surface area contributed by atoms with Gasteiger partial charge in [0, 0.05) is 58.3 Å². The number of piperidine rings is 1. The third kappa shape index (κ3) is 11.8. The number of ether oxygens (including phenoxy) is 5. The number of nitrogens with zero attached hydrogens (tertiary/aromatic N) is 1. The Hall–Kier alpha value is -3.08. The highest BCUT2D eigenvalue weighted by Crippen LogP contribution is 2.52. The van der Waals surface area contributed by atoms with Crippen molar-refractivity contribution in [2.24, 2.45) is 35.5 Å². The van der Waals surface area contributed by atoms with E-state index in [4.69, 9.17) is 23.7 Å². The van der Waals surface area contributed by atoms with Crippen LogP contribution in [0.1, 0.15) is 126 Å². The molecule has 0 aromatic heterocycles. The van der Waals surface area contributed by atoms with Gasteiger partial charge in [0.25, 0.3) is 5.91 Å². The summed E-state index contributed by atoms with van der Waals surface area (Å²) in [6, 6.07) is -2.56. The van der Waals surface area contributed by atoms with Crippen LogP contribution in [0, 0.1) is 35.5 Å². The van der Waals surface area contributed by atoms with Crippen molar-refractivity contribution in [1.29, 1.82) is 0 Å². The molecule has 4 N–H and O–H groups in total. The standard InChI is InChI=1S/C51H79NO13/c1-29-14-12-11-13-15-31(3)41(61-8)27-37-18-16-35(7)51(60,65-37)50(59)45-21-20-39(54)46(52(45)49(50)58)48(57)64-42(33(5)25-36-17-19-38(53)43(26-36)62-9)28-40(55)32(4)23-30(2)24-44(63-10)47(56)34(6)22-29/h11-15,23,29,32-39,41-46,53-54,59-60H,16-22,24-28H2,1-10H3/b13-11+,14-12+,30-23+,31-15+/t29-,32-,33-,34-,35-,36+,37+,38-,39?,41+,42+,43-,44-,45-,46+,50-,51-/m1/s1. The molecular weight excluding hydrogens is 835 g/mol. The van der Waals surface area contributed by atoms with Crippen LogP contribution >= 0.6 is 0 Å². The van der Waals surface area contributed by atoms with E-state index in [1.54, 1.807) is 28.1 Å². The van der Waals surface area contributed by atoms with Crippen molar-refractivity contribution in [3.05, 3.63) is 47.6 Å². The zero-order chi connectivity index (χ0) is 48.0. The van der Waals surface area contributed by atoms with E-state index >= 15 is 0 Å². The van der Waals surface area contributed by atoms with Crippen LogP contribution in [-0.2, 0) is 42.9 Å². The number of aliphatic hydroxyl groups is 4. The van der Waals surface area contributed by atoms with Gasteiger partial charge in [0.15, 0.2) is 11.8 Å². The molecule has 1 amide bonds. The van der Waals surface area contributed by atoms with E-state index in [2.05, 4.69) is 13.0 Å². The number of esters is 1. The van der Waals surface area contributed by atoms with Gasteiger partial charge in [-0.3, -0.25) is 14.4 Å². The third-order valence-electron chi connectivity index (χ3n) is 15.3. The number of carbonyl (C=O) groups excluding carboxylic acids is 4. The predicted octanol–water partition coefficient (Wildman–Crippen LogP) is 5.72. The molecule has 1 unspecified atom stereocenters. The van der Waals surface area contributed by atoms with Crippen LogP contribution in [0.4, 0.5) is 0 Å². The number of fused-ring (bicyclic) bond motifs is 5. The number of aliphatic hydroxyl groups excluding tert-OH is 2. The second-order valence-electron chi connectivity index (χ2n) is 20.3. The summed E-state index contributed by atoms with van der Waals surface area (Å²) < 4.78 is 29.7. The molecule has 4 heterocycles. The van der Waals surface area contributed by atoms with Crippen LogP contribution in [0.5, 0.6) is 0 Å². The molecule has 0 radical (unpaired) electrons. The average Bonchev–Trinajstić information content (AvgIpc) is 3.27. The molecule has 1 aliphatic carbocycles. The van der Waals surface area contributed by atoms with Gasteiger partial charge >= 0.3 is 5.97 Å². The Balaban J connectivity index is 1.48. The van der Waals surface area contributed by atoms with Gasteiger partial charge in [0.05, 0.1) is 36.6 Å². The monoisotopic (exact) mass is 914 g/mol. The number of allylic oxidation sites excluding steroid dienone is 6. The van der Waals surface area contributed by atoms with Crippen LogP contribution in [0.2, 0.25) is 0 Å². The predicted molar refractivity (Wildman–Crippen MR) is 244 cm³/mol. The molecule has 5 rings (SSSR count). The minimum atomic E-state index is -2.40. The molecule has 4 bridgehead atoms. The molecule has 3 saturated heterocycles. The second-order valence-corrected chi connectivity index (χ2v) is 20.3. The summed E-state index contributed by atoms with van der Waals surface area (Å²) in [4.78, 5) is 57.7. The zero-order valence-electron chi connectivity index (χ0n) is 40.5. The lowest BCUT2D eigenvalue weighted by Crippen LogP contribution is -2.88. The molecule has 17 atom stereocenters. The number of hydrogen-bond acceptors (Lipinski definition) is 13. The SMILES string of the molecule is CO[C@H]1C[C@@H]2CC[C@@H](C)[C@@](O)(O2)[C@]2(O)C(=O)N3[C@H](C(=O)O[C@H]([C@H](C)C[C@@H]4CC[C@@H](O)[C@H](OC)C4)CC(=O)[C@H](C)/C=C(\C)C[C@@H](OC)C(=O)[C@H](C)C[C@H](C)/C=C/C=C/C=C/1C)C(O)CC[C@@H]32. The maximum Gasteiger partial charge on any atom is 0.331 e. The summed E-state index contributed by atoms with van der Waals surface area (Å²) in [6.45, 7) is 13.2. The number of ketones is 2. The molecule has 0 aromatic carbocycles. The van der Waals surface area contributed by atoms with E-state index in [-0.39, 0.29) is 60.6 Å². The number of cyclic esters (lactones) is 1. The van der Waals surface area contributed by atoms with Gasteiger partial charge in [0.1, 0.15) is 18.0 Å². The van der Waals surface area contributed by atoms with Crippen molar-refractivity contribution in [1.82, 2.24) is 4.90 Å². The summed E-state index contributed by atoms with van der Waals surface area (Å²) in [5.41, 5.74) is -0.695. The van der Waals surface area contributed by atoms with Crippen molar-refractivity contribution in [3.63, 3.8) is 0 Å². The molecule has 0 aromatic rings. The number of Topliss-reactive ketones (excluding diaryl/α,β-unsaturated/α-hetero) is 2. The minimum Gasteiger partial charge on any atom is -0.460 e. The first kappa shape index (κ1) is 52.9. The Kier molecular flexibility index (Phi) is 18.6. The van der Waals surface area contributed by atoms with Gasteiger partial charge < -0.3 is 49.0 Å². The smallest absolute Gasteiger partial charge is 0.331 e. The van der Waals surface area contributed by atoms with E-state index < -0.39 is 83.8 Å². The van der Waals surface area contributed by atoms with Gasteiger partial charge in [-0.25, -0.2) is 4.79 Å². The lowest BCUT2D eigenvalue weighted by molar-refractivity contribution is -0.377. The van der Waals surface area contributed by atoms with Crippen LogP contribution in [0.3, 0.4) is 0 Å². The lowest BCUT2D eigenvalue weighted by atomic mass is 9.64. The van der Waals surface area contributed by atoms with Gasteiger partial charge in [-0.1, -0.05) is 76.6 Å². The van der Waals surface area contributed by atoms with Gasteiger partial charge in [0.2, 0.25) is 11.4 Å². The third-order valence-corrected chi connectivity index (χ3v) is 15.3. The maximum absolute atomic E-state index is 14.4. The summed E-state index contributed by atoms with van der Waals surface area (Å²) in [5, 5.41) is 46.6. The number of carbonyl (C=O) groups is 4. The highest BCUT2D eigenvalue weighted by Gasteiger charge is 2.76. The molecule has 65 heavy (non-hydrogen) atoms. The van der Waals surface area contributed by atoms with E-state index in [1.165, 1.54) is 7.11 Å². The summed E-state index contributed by atoms with van der Waals surface area (Å²) in [7, 11) is 4.68. The largest absolute Gasteiger partial charge is 0.460 e.